The van der Waals surface area contributed by atoms with Crippen molar-refractivity contribution in [3.63, 3.8) is 0 Å². The molecule has 1 aromatic rings. The van der Waals surface area contributed by atoms with Crippen molar-refractivity contribution in [1.29, 1.82) is 0 Å². The normalized spacial score (nSPS) is 14.0. The zero-order valence-corrected chi connectivity index (χ0v) is 14.8. The zero-order valence-electron chi connectivity index (χ0n) is 14.0. The molecule has 3 N–H and O–H groups in total. The van der Waals surface area contributed by atoms with Gasteiger partial charge in [0.2, 0.25) is 11.8 Å². The van der Waals surface area contributed by atoms with Crippen LogP contribution in [-0.2, 0) is 9.59 Å². The maximum Gasteiger partial charge on any atom is 0.225 e. The zero-order chi connectivity index (χ0) is 17.6. The number of hydrogen-bond donors (Lipinski definition) is 3. The number of benzene rings is 1. The van der Waals surface area contributed by atoms with Gasteiger partial charge in [-0.3, -0.25) is 9.59 Å². The summed E-state index contributed by atoms with van der Waals surface area (Å²) < 4.78 is 0. The van der Waals surface area contributed by atoms with Crippen molar-refractivity contribution in [2.24, 2.45) is 5.41 Å². The van der Waals surface area contributed by atoms with Crippen LogP contribution in [0.2, 0.25) is 5.02 Å². The Kier molecular flexibility index (Phi) is 7.03. The Labute approximate surface area is 142 Å². The number of nitrogens with one attached hydrogen (secondary N) is 2. The molecule has 5 nitrogen and oxygen atoms in total. The Hall–Kier alpha value is -1.59. The molecule has 6 heteroatoms. The summed E-state index contributed by atoms with van der Waals surface area (Å²) in [6, 6.07) is 6.38. The summed E-state index contributed by atoms with van der Waals surface area (Å²) >= 11 is 5.81. The van der Waals surface area contributed by atoms with Crippen LogP contribution in [0.4, 0.5) is 0 Å². The van der Waals surface area contributed by atoms with E-state index in [0.29, 0.717) is 10.6 Å². The Balaban J connectivity index is 2.41. The summed E-state index contributed by atoms with van der Waals surface area (Å²) in [5, 5.41) is 16.3. The molecule has 23 heavy (non-hydrogen) atoms. The molecule has 0 aromatic heterocycles. The average Bonchev–Trinajstić information content (AvgIpc) is 2.46. The fourth-order valence-electron chi connectivity index (χ4n) is 1.91. The van der Waals surface area contributed by atoms with Gasteiger partial charge in [0.05, 0.1) is 12.1 Å². The van der Waals surface area contributed by atoms with E-state index in [4.69, 9.17) is 11.6 Å². The minimum Gasteiger partial charge on any atom is -0.386 e. The number of hydrogen-bond acceptors (Lipinski definition) is 3. The van der Waals surface area contributed by atoms with Crippen molar-refractivity contribution in [2.75, 3.05) is 6.54 Å². The fourth-order valence-corrected chi connectivity index (χ4v) is 2.03. The quantitative estimate of drug-likeness (QED) is 0.744. The second-order valence-corrected chi connectivity index (χ2v) is 7.04. The van der Waals surface area contributed by atoms with Crippen molar-refractivity contribution in [3.05, 3.63) is 34.9 Å². The van der Waals surface area contributed by atoms with Crippen LogP contribution in [-0.4, -0.2) is 29.5 Å². The number of rotatable bonds is 6. The van der Waals surface area contributed by atoms with Gasteiger partial charge in [-0.2, -0.15) is 0 Å². The number of carbonyl (C=O) groups excluding carboxylic acids is 2. The van der Waals surface area contributed by atoms with Crippen LogP contribution in [0, 0.1) is 5.41 Å². The lowest BCUT2D eigenvalue weighted by Crippen LogP contribution is -2.40. The predicted molar refractivity (Wildman–Crippen MR) is 91.1 cm³/mol. The molecule has 2 unspecified atom stereocenters. The fraction of sp³-hybridized carbons (Fsp3) is 0.529. The molecule has 2 amide bonds. The third-order valence-electron chi connectivity index (χ3n) is 3.39. The number of aliphatic hydroxyl groups excluding tert-OH is 1. The summed E-state index contributed by atoms with van der Waals surface area (Å²) in [6.45, 7) is 7.43. The monoisotopic (exact) mass is 340 g/mol. The molecule has 0 aliphatic rings. The summed E-state index contributed by atoms with van der Waals surface area (Å²) in [5.41, 5.74) is 0.206. The van der Waals surface area contributed by atoms with E-state index in [0.717, 1.165) is 0 Å². The topological polar surface area (TPSA) is 78.4 Å². The van der Waals surface area contributed by atoms with E-state index < -0.39 is 17.6 Å². The molecule has 2 atom stereocenters. The Bertz CT molecular complexity index is 538. The van der Waals surface area contributed by atoms with E-state index in [9.17, 15) is 14.7 Å². The minimum atomic E-state index is -0.819. The molecule has 0 aliphatic heterocycles. The third-order valence-corrected chi connectivity index (χ3v) is 3.64. The van der Waals surface area contributed by atoms with Crippen LogP contribution >= 0.6 is 11.6 Å². The molecule has 0 bridgehead atoms. The number of carbonyl (C=O) groups is 2. The molecule has 0 spiro atoms. The summed E-state index contributed by atoms with van der Waals surface area (Å²) in [5.74, 6) is -0.320. The molecule has 0 saturated heterocycles. The Morgan fingerprint density at radius 3 is 2.30 bits per heavy atom. The highest BCUT2D eigenvalue weighted by Crippen LogP contribution is 2.19. The molecule has 0 fully saturated rings. The maximum atomic E-state index is 11.9. The van der Waals surface area contributed by atoms with Gasteiger partial charge in [0.15, 0.2) is 0 Å². The SMILES string of the molecule is CC(NC(=O)CCNC(=O)C(C)(C)C)C(O)c1ccc(Cl)cc1. The lowest BCUT2D eigenvalue weighted by atomic mass is 9.96. The first kappa shape index (κ1) is 19.5. The lowest BCUT2D eigenvalue weighted by Gasteiger charge is -2.21. The third kappa shape index (κ3) is 6.59. The molecule has 1 aromatic carbocycles. The van der Waals surface area contributed by atoms with E-state index in [-0.39, 0.29) is 24.8 Å². The summed E-state index contributed by atoms with van der Waals surface area (Å²) in [4.78, 5) is 23.6. The second-order valence-electron chi connectivity index (χ2n) is 6.61. The van der Waals surface area contributed by atoms with E-state index in [2.05, 4.69) is 10.6 Å². The van der Waals surface area contributed by atoms with E-state index in [1.54, 1.807) is 31.2 Å². The van der Waals surface area contributed by atoms with Crippen LogP contribution in [0.5, 0.6) is 0 Å². The average molecular weight is 341 g/mol. The smallest absolute Gasteiger partial charge is 0.225 e. The van der Waals surface area contributed by atoms with Gasteiger partial charge >= 0.3 is 0 Å². The molecular formula is C17H25ClN2O3. The van der Waals surface area contributed by atoms with E-state index in [1.807, 2.05) is 20.8 Å². The van der Waals surface area contributed by atoms with Crippen LogP contribution < -0.4 is 10.6 Å². The van der Waals surface area contributed by atoms with Gasteiger partial charge in [0.1, 0.15) is 0 Å². The van der Waals surface area contributed by atoms with Crippen LogP contribution in [0.1, 0.15) is 45.8 Å². The summed E-state index contributed by atoms with van der Waals surface area (Å²) in [6.07, 6.45) is -0.653. The number of amides is 2. The van der Waals surface area contributed by atoms with Crippen molar-refractivity contribution in [3.8, 4) is 0 Å². The first-order valence-electron chi connectivity index (χ1n) is 7.62. The van der Waals surface area contributed by atoms with Gasteiger partial charge in [-0.05, 0) is 24.6 Å². The highest BCUT2D eigenvalue weighted by atomic mass is 35.5. The van der Waals surface area contributed by atoms with Gasteiger partial charge < -0.3 is 15.7 Å². The number of aliphatic hydroxyl groups is 1. The van der Waals surface area contributed by atoms with Crippen molar-refractivity contribution in [1.82, 2.24) is 10.6 Å². The molecule has 0 heterocycles. The Morgan fingerprint density at radius 2 is 1.78 bits per heavy atom. The van der Waals surface area contributed by atoms with Gasteiger partial charge in [-0.25, -0.2) is 0 Å². The van der Waals surface area contributed by atoms with Gasteiger partial charge in [0, 0.05) is 23.4 Å². The van der Waals surface area contributed by atoms with Gasteiger partial charge in [-0.1, -0.05) is 44.5 Å². The highest BCUT2D eigenvalue weighted by Gasteiger charge is 2.21. The van der Waals surface area contributed by atoms with Gasteiger partial charge in [-0.15, -0.1) is 0 Å². The van der Waals surface area contributed by atoms with Crippen LogP contribution in [0.25, 0.3) is 0 Å². The molecule has 1 rings (SSSR count). The maximum absolute atomic E-state index is 11.9. The number of halogens is 1. The first-order valence-corrected chi connectivity index (χ1v) is 8.00. The van der Waals surface area contributed by atoms with Crippen LogP contribution in [0.15, 0.2) is 24.3 Å². The van der Waals surface area contributed by atoms with E-state index in [1.165, 1.54) is 0 Å². The largest absolute Gasteiger partial charge is 0.386 e. The molecular weight excluding hydrogens is 316 g/mol. The van der Waals surface area contributed by atoms with Crippen molar-refractivity contribution in [2.45, 2.75) is 46.3 Å². The van der Waals surface area contributed by atoms with Crippen molar-refractivity contribution < 1.29 is 14.7 Å². The molecule has 0 radical (unpaired) electrons. The highest BCUT2D eigenvalue weighted by molar-refractivity contribution is 6.30. The van der Waals surface area contributed by atoms with Gasteiger partial charge in [0.25, 0.3) is 0 Å². The van der Waals surface area contributed by atoms with E-state index >= 15 is 0 Å². The standard InChI is InChI=1S/C17H25ClN2O3/c1-11(15(22)12-5-7-13(18)8-6-12)20-14(21)9-10-19-16(23)17(2,3)4/h5-8,11,15,22H,9-10H2,1-4H3,(H,19,23)(H,20,21). The first-order chi connectivity index (χ1) is 10.6. The molecule has 0 saturated carbocycles. The minimum absolute atomic E-state index is 0.0976. The Morgan fingerprint density at radius 1 is 1.22 bits per heavy atom. The molecule has 128 valence electrons. The van der Waals surface area contributed by atoms with Crippen molar-refractivity contribution >= 4 is 23.4 Å². The summed E-state index contributed by atoms with van der Waals surface area (Å²) in [7, 11) is 0. The second kappa shape index (κ2) is 8.31. The van der Waals surface area contributed by atoms with Crippen LogP contribution in [0.3, 0.4) is 0 Å². The lowest BCUT2D eigenvalue weighted by molar-refractivity contribution is -0.128. The predicted octanol–water partition coefficient (Wildman–Crippen LogP) is 2.43. The molecule has 0 aliphatic carbocycles.